The summed E-state index contributed by atoms with van der Waals surface area (Å²) < 4.78 is 24.7. The van der Waals surface area contributed by atoms with Gasteiger partial charge in [-0.15, -0.1) is 11.8 Å². The van der Waals surface area contributed by atoms with Crippen LogP contribution >= 0.6 is 11.8 Å². The number of aliphatic hydroxyl groups excluding tert-OH is 4. The summed E-state index contributed by atoms with van der Waals surface area (Å²) in [6, 6.07) is 6.15. The van der Waals surface area contributed by atoms with E-state index >= 15 is 0 Å². The van der Waals surface area contributed by atoms with Crippen LogP contribution in [0.2, 0.25) is 0 Å². The van der Waals surface area contributed by atoms with Crippen molar-refractivity contribution in [3.63, 3.8) is 0 Å². The third-order valence-corrected chi connectivity index (χ3v) is 5.57. The summed E-state index contributed by atoms with van der Waals surface area (Å²) in [6.45, 7) is -0.374. The summed E-state index contributed by atoms with van der Waals surface area (Å²) in [5.41, 5.74) is 0.704. The monoisotopic (exact) mass is 422 g/mol. The van der Waals surface area contributed by atoms with Gasteiger partial charge >= 0.3 is 0 Å². The molecule has 1 unspecified atom stereocenters. The summed E-state index contributed by atoms with van der Waals surface area (Å²) >= 11 is -1.94. The summed E-state index contributed by atoms with van der Waals surface area (Å²) in [5, 5.41) is 51.9. The minimum atomic E-state index is -2.94. The molecule has 0 bridgehead atoms. The molecule has 27 heavy (non-hydrogen) atoms. The second-order valence-electron chi connectivity index (χ2n) is 5.98. The Bertz CT molecular complexity index is 655. The van der Waals surface area contributed by atoms with Crippen LogP contribution in [0.1, 0.15) is 12.0 Å². The van der Waals surface area contributed by atoms with Crippen molar-refractivity contribution >= 4 is 28.2 Å². The van der Waals surface area contributed by atoms with Crippen LogP contribution in [0.25, 0.3) is 0 Å². The third-order valence-electron chi connectivity index (χ3n) is 4.14. The zero-order valence-corrected chi connectivity index (χ0v) is 15.6. The van der Waals surface area contributed by atoms with E-state index in [0.29, 0.717) is 5.56 Å². The molecule has 5 N–H and O–H groups in total. The predicted molar refractivity (Wildman–Crippen MR) is 94.9 cm³/mol. The average Bonchev–Trinajstić information content (AvgIpc) is 2.63. The van der Waals surface area contributed by atoms with E-state index in [1.807, 2.05) is 0 Å². The first-order valence-corrected chi connectivity index (χ1v) is 9.79. The molecule has 152 valence electrons. The molecule has 1 aliphatic rings. The van der Waals surface area contributed by atoms with Crippen molar-refractivity contribution in [2.75, 3.05) is 6.61 Å². The van der Waals surface area contributed by atoms with Gasteiger partial charge in [-0.25, -0.2) is 9.20 Å². The van der Waals surface area contributed by atoms with Gasteiger partial charge in [-0.2, -0.15) is 0 Å². The van der Waals surface area contributed by atoms with E-state index in [-0.39, 0.29) is 30.2 Å². The molecule has 0 aromatic heterocycles. The van der Waals surface area contributed by atoms with Crippen LogP contribution in [0.4, 0.5) is 0 Å². The van der Waals surface area contributed by atoms with Crippen LogP contribution in [0.5, 0.6) is 5.75 Å². The fourth-order valence-electron chi connectivity index (χ4n) is 2.72. The van der Waals surface area contributed by atoms with Gasteiger partial charge in [0.1, 0.15) is 28.3 Å². The van der Waals surface area contributed by atoms with Gasteiger partial charge < -0.3 is 30.1 Å². The molecular formula is C15H20NO9S2-. The number of oxime groups is 1. The number of hydrogen-bond donors (Lipinski definition) is 5. The summed E-state index contributed by atoms with van der Waals surface area (Å²) in [6.07, 6.45) is -3.67. The number of benzene rings is 1. The maximum absolute atomic E-state index is 10.4. The first-order valence-electron chi connectivity index (χ1n) is 7.91. The first kappa shape index (κ1) is 22.0. The molecule has 0 heterocycles. The van der Waals surface area contributed by atoms with E-state index in [1.165, 1.54) is 12.1 Å². The highest BCUT2D eigenvalue weighted by Crippen LogP contribution is 2.34. The lowest BCUT2D eigenvalue weighted by atomic mass is 9.83. The Labute approximate surface area is 161 Å². The zero-order chi connectivity index (χ0) is 20.0. The van der Waals surface area contributed by atoms with E-state index in [9.17, 15) is 34.3 Å². The summed E-state index contributed by atoms with van der Waals surface area (Å²) in [7, 11) is 0. The SMILES string of the molecule is O=S([O-])OO/N=C(/Cc1ccc(O)cc1)S[C@@H]1C[C@H](CO)[C@H](O)[C@H](O)[C@H]1O. The lowest BCUT2D eigenvalue weighted by Gasteiger charge is -2.39. The molecule has 12 heteroatoms. The van der Waals surface area contributed by atoms with Gasteiger partial charge in [-0.05, 0) is 29.3 Å². The molecule has 0 saturated heterocycles. The molecule has 1 aliphatic carbocycles. The van der Waals surface area contributed by atoms with Crippen molar-refractivity contribution in [1.82, 2.24) is 0 Å². The van der Waals surface area contributed by atoms with Crippen molar-refractivity contribution in [2.45, 2.75) is 36.4 Å². The minimum absolute atomic E-state index is 0.0665. The van der Waals surface area contributed by atoms with Crippen molar-refractivity contribution in [1.29, 1.82) is 0 Å². The first-order chi connectivity index (χ1) is 12.8. The highest BCUT2D eigenvalue weighted by Gasteiger charge is 2.43. The molecule has 1 fully saturated rings. The fraction of sp³-hybridized carbons (Fsp3) is 0.533. The zero-order valence-electron chi connectivity index (χ0n) is 14.0. The quantitative estimate of drug-likeness (QED) is 0.123. The van der Waals surface area contributed by atoms with E-state index in [0.717, 1.165) is 11.8 Å². The third kappa shape index (κ3) is 6.40. The van der Waals surface area contributed by atoms with E-state index in [1.54, 1.807) is 12.1 Å². The molecule has 6 atom stereocenters. The van der Waals surface area contributed by atoms with Crippen molar-refractivity contribution < 1.29 is 43.6 Å². The smallest absolute Gasteiger partial charge is 0.135 e. The number of aliphatic hydroxyl groups is 4. The Morgan fingerprint density at radius 1 is 1.22 bits per heavy atom. The molecule has 2 rings (SSSR count). The molecule has 0 radical (unpaired) electrons. The Hall–Kier alpha value is -1.25. The molecule has 1 saturated carbocycles. The van der Waals surface area contributed by atoms with Gasteiger partial charge in [0, 0.05) is 24.2 Å². The topological polar surface area (TPSA) is 172 Å². The van der Waals surface area contributed by atoms with Crippen LogP contribution in [-0.4, -0.2) is 69.5 Å². The van der Waals surface area contributed by atoms with Gasteiger partial charge in [0.05, 0.1) is 12.2 Å². The van der Waals surface area contributed by atoms with Gasteiger partial charge in [-0.3, -0.25) is 0 Å². The number of phenols is 1. The maximum atomic E-state index is 10.4. The summed E-state index contributed by atoms with van der Waals surface area (Å²) in [5.74, 6) is -0.570. The number of thioether (sulfide) groups is 1. The van der Waals surface area contributed by atoms with Crippen LogP contribution in [0.15, 0.2) is 29.4 Å². The van der Waals surface area contributed by atoms with Gasteiger partial charge in [-0.1, -0.05) is 16.5 Å². The standard InChI is InChI=1S/C15H21NO9S2/c17-7-9-6-11(14(20)15(21)13(9)19)26-12(16-24-25-27(22)23)5-8-1-3-10(18)4-2-8/h1-4,9,11,13-15,17-21H,5-7H2,(H,22,23)/p-1/b16-12-/t9-,11-,13+,14+,15+/m1/s1. The van der Waals surface area contributed by atoms with Crippen molar-refractivity contribution in [3.8, 4) is 5.75 Å². The Morgan fingerprint density at radius 2 is 1.89 bits per heavy atom. The Morgan fingerprint density at radius 3 is 2.48 bits per heavy atom. The lowest BCUT2D eigenvalue weighted by molar-refractivity contribution is -0.202. The van der Waals surface area contributed by atoms with Crippen LogP contribution in [0, 0.1) is 5.92 Å². The van der Waals surface area contributed by atoms with E-state index in [2.05, 4.69) is 14.5 Å². The predicted octanol–water partition coefficient (Wildman–Crippen LogP) is -0.813. The van der Waals surface area contributed by atoms with E-state index < -0.39 is 40.8 Å². The maximum Gasteiger partial charge on any atom is 0.135 e. The van der Waals surface area contributed by atoms with E-state index in [4.69, 9.17) is 0 Å². The van der Waals surface area contributed by atoms with Crippen LogP contribution < -0.4 is 0 Å². The van der Waals surface area contributed by atoms with Crippen LogP contribution in [-0.2, 0) is 27.1 Å². The second-order valence-corrected chi connectivity index (χ2v) is 7.84. The molecule has 1 aromatic carbocycles. The highest BCUT2D eigenvalue weighted by atomic mass is 32.2. The number of phenolic OH excluding ortho intramolecular Hbond substituents is 1. The van der Waals surface area contributed by atoms with Gasteiger partial charge in [0.2, 0.25) is 0 Å². The molecule has 0 spiro atoms. The number of nitrogens with zero attached hydrogens (tertiary/aromatic N) is 1. The Kier molecular flexibility index (Phi) is 8.44. The largest absolute Gasteiger partial charge is 0.747 e. The fourth-order valence-corrected chi connectivity index (χ4v) is 4.12. The highest BCUT2D eigenvalue weighted by molar-refractivity contribution is 8.14. The normalized spacial score (nSPS) is 30.1. The van der Waals surface area contributed by atoms with Crippen LogP contribution in [0.3, 0.4) is 0 Å². The minimum Gasteiger partial charge on any atom is -0.747 e. The molecule has 0 aliphatic heterocycles. The second kappa shape index (κ2) is 10.3. The number of rotatable bonds is 7. The molecule has 0 amide bonds. The molecule has 10 nitrogen and oxygen atoms in total. The van der Waals surface area contributed by atoms with Gasteiger partial charge in [0.25, 0.3) is 0 Å². The molecule has 1 aromatic rings. The van der Waals surface area contributed by atoms with Crippen molar-refractivity contribution in [3.05, 3.63) is 29.8 Å². The summed E-state index contributed by atoms with van der Waals surface area (Å²) in [4.78, 5) is 4.29. The number of aromatic hydroxyl groups is 1. The Balaban J connectivity index is 2.14. The molecular weight excluding hydrogens is 402 g/mol. The lowest BCUT2D eigenvalue weighted by Crippen LogP contribution is -2.53. The van der Waals surface area contributed by atoms with Gasteiger partial charge in [0.15, 0.2) is 0 Å². The number of hydrogen-bond acceptors (Lipinski definition) is 11. The van der Waals surface area contributed by atoms with Crippen molar-refractivity contribution in [2.24, 2.45) is 11.1 Å². The average molecular weight is 422 g/mol.